The molecule has 0 aliphatic heterocycles. The van der Waals surface area contributed by atoms with E-state index in [9.17, 15) is 0 Å². The summed E-state index contributed by atoms with van der Waals surface area (Å²) in [6, 6.07) is 11.5. The van der Waals surface area contributed by atoms with Gasteiger partial charge in [0.1, 0.15) is 0 Å². The SMILES string of the molecule is Nc1ccc(Nc2ccc(Br)c(Cl)c2)c(I)c1. The van der Waals surface area contributed by atoms with Crippen LogP contribution in [-0.4, -0.2) is 0 Å². The lowest BCUT2D eigenvalue weighted by atomic mass is 10.2. The first kappa shape index (κ1) is 13.0. The van der Waals surface area contributed by atoms with Gasteiger partial charge in [-0.3, -0.25) is 0 Å². The zero-order valence-corrected chi connectivity index (χ0v) is 13.2. The first-order valence-corrected chi connectivity index (χ1v) is 7.08. The van der Waals surface area contributed by atoms with Gasteiger partial charge in [0.15, 0.2) is 0 Å². The van der Waals surface area contributed by atoms with Crippen molar-refractivity contribution in [1.29, 1.82) is 0 Å². The van der Waals surface area contributed by atoms with Crippen LogP contribution in [-0.2, 0) is 0 Å². The maximum atomic E-state index is 6.04. The van der Waals surface area contributed by atoms with Crippen molar-refractivity contribution in [2.24, 2.45) is 0 Å². The summed E-state index contributed by atoms with van der Waals surface area (Å²) in [6.07, 6.45) is 0. The Morgan fingerprint density at radius 2 is 1.94 bits per heavy atom. The van der Waals surface area contributed by atoms with Crippen LogP contribution in [0.2, 0.25) is 5.02 Å². The minimum atomic E-state index is 0.681. The average molecular weight is 423 g/mol. The Hall–Kier alpha value is -0.460. The van der Waals surface area contributed by atoms with E-state index in [1.165, 1.54) is 0 Å². The van der Waals surface area contributed by atoms with Crippen LogP contribution in [0.3, 0.4) is 0 Å². The van der Waals surface area contributed by atoms with Gasteiger partial charge in [0, 0.05) is 19.4 Å². The molecule has 0 amide bonds. The van der Waals surface area contributed by atoms with Crippen LogP contribution in [0.15, 0.2) is 40.9 Å². The topological polar surface area (TPSA) is 38.0 Å². The fraction of sp³-hybridized carbons (Fsp3) is 0. The van der Waals surface area contributed by atoms with Crippen molar-refractivity contribution in [2.45, 2.75) is 0 Å². The number of rotatable bonds is 2. The van der Waals surface area contributed by atoms with Crippen molar-refractivity contribution in [3.63, 3.8) is 0 Å². The van der Waals surface area contributed by atoms with Crippen molar-refractivity contribution < 1.29 is 0 Å². The second-order valence-electron chi connectivity index (χ2n) is 3.49. The molecule has 0 radical (unpaired) electrons. The summed E-state index contributed by atoms with van der Waals surface area (Å²) < 4.78 is 1.96. The van der Waals surface area contributed by atoms with Gasteiger partial charge in [-0.25, -0.2) is 0 Å². The van der Waals surface area contributed by atoms with Crippen LogP contribution < -0.4 is 11.1 Å². The quantitative estimate of drug-likeness (QED) is 0.525. The summed E-state index contributed by atoms with van der Waals surface area (Å²) in [5.41, 5.74) is 8.42. The van der Waals surface area contributed by atoms with Gasteiger partial charge in [-0.15, -0.1) is 0 Å². The number of hydrogen-bond donors (Lipinski definition) is 2. The summed E-state index contributed by atoms with van der Waals surface area (Å²) in [5.74, 6) is 0. The molecule has 0 aliphatic carbocycles. The van der Waals surface area contributed by atoms with E-state index in [1.54, 1.807) is 0 Å². The first-order chi connectivity index (χ1) is 8.06. The summed E-state index contributed by atoms with van der Waals surface area (Å²) in [4.78, 5) is 0. The van der Waals surface area contributed by atoms with Gasteiger partial charge < -0.3 is 11.1 Å². The van der Waals surface area contributed by atoms with E-state index in [2.05, 4.69) is 43.8 Å². The van der Waals surface area contributed by atoms with Gasteiger partial charge in [0.05, 0.1) is 10.7 Å². The summed E-state index contributed by atoms with van der Waals surface area (Å²) in [7, 11) is 0. The maximum absolute atomic E-state index is 6.04. The van der Waals surface area contributed by atoms with Gasteiger partial charge in [-0.2, -0.15) is 0 Å². The molecular formula is C12H9BrClIN2. The molecule has 0 unspecified atom stereocenters. The molecule has 5 heteroatoms. The molecular weight excluding hydrogens is 414 g/mol. The average Bonchev–Trinajstić information content (AvgIpc) is 2.27. The zero-order chi connectivity index (χ0) is 12.4. The summed E-state index contributed by atoms with van der Waals surface area (Å²) >= 11 is 11.6. The van der Waals surface area contributed by atoms with Crippen molar-refractivity contribution in [1.82, 2.24) is 0 Å². The van der Waals surface area contributed by atoms with E-state index in [4.69, 9.17) is 17.3 Å². The van der Waals surface area contributed by atoms with Crippen LogP contribution in [0.25, 0.3) is 0 Å². The predicted octanol–water partition coefficient (Wildman–Crippen LogP) is 5.03. The molecule has 0 fully saturated rings. The summed E-state index contributed by atoms with van der Waals surface area (Å²) in [6.45, 7) is 0. The highest BCUT2D eigenvalue weighted by molar-refractivity contribution is 14.1. The van der Waals surface area contributed by atoms with Crippen LogP contribution >= 0.6 is 50.1 Å². The predicted molar refractivity (Wildman–Crippen MR) is 86.0 cm³/mol. The molecule has 0 bridgehead atoms. The van der Waals surface area contributed by atoms with E-state index >= 15 is 0 Å². The van der Waals surface area contributed by atoms with Gasteiger partial charge in [-0.1, -0.05) is 11.6 Å². The van der Waals surface area contributed by atoms with Crippen molar-refractivity contribution in [3.05, 3.63) is 49.5 Å². The van der Waals surface area contributed by atoms with Gasteiger partial charge >= 0.3 is 0 Å². The molecule has 2 aromatic carbocycles. The number of hydrogen-bond acceptors (Lipinski definition) is 2. The largest absolute Gasteiger partial charge is 0.399 e. The molecule has 3 N–H and O–H groups in total. The monoisotopic (exact) mass is 422 g/mol. The maximum Gasteiger partial charge on any atom is 0.0568 e. The van der Waals surface area contributed by atoms with Crippen molar-refractivity contribution in [2.75, 3.05) is 11.1 Å². The Balaban J connectivity index is 2.28. The lowest BCUT2D eigenvalue weighted by Crippen LogP contribution is -1.94. The van der Waals surface area contributed by atoms with Crippen LogP contribution in [0.4, 0.5) is 17.1 Å². The lowest BCUT2D eigenvalue weighted by molar-refractivity contribution is 1.51. The second-order valence-corrected chi connectivity index (χ2v) is 5.92. The first-order valence-electron chi connectivity index (χ1n) is 4.83. The number of benzene rings is 2. The van der Waals surface area contributed by atoms with E-state index < -0.39 is 0 Å². The van der Waals surface area contributed by atoms with Gasteiger partial charge in [0.2, 0.25) is 0 Å². The number of halogens is 3. The molecule has 0 saturated heterocycles. The van der Waals surface area contributed by atoms with Crippen molar-refractivity contribution in [3.8, 4) is 0 Å². The Kier molecular flexibility index (Phi) is 4.17. The van der Waals surface area contributed by atoms with Gasteiger partial charge in [-0.05, 0) is 74.9 Å². The highest BCUT2D eigenvalue weighted by Gasteiger charge is 2.03. The second kappa shape index (κ2) is 5.46. The fourth-order valence-electron chi connectivity index (χ4n) is 1.36. The van der Waals surface area contributed by atoms with E-state index in [0.29, 0.717) is 5.02 Å². The third-order valence-electron chi connectivity index (χ3n) is 2.19. The zero-order valence-electron chi connectivity index (χ0n) is 8.68. The number of nitrogens with two attached hydrogens (primary N) is 1. The van der Waals surface area contributed by atoms with Gasteiger partial charge in [0.25, 0.3) is 0 Å². The third-order valence-corrected chi connectivity index (χ3v) is 4.32. The van der Waals surface area contributed by atoms with Crippen molar-refractivity contribution >= 4 is 67.2 Å². The number of nitrogens with one attached hydrogen (secondary N) is 1. The van der Waals surface area contributed by atoms with E-state index in [-0.39, 0.29) is 0 Å². The number of nitrogen functional groups attached to an aromatic ring is 1. The molecule has 0 aromatic heterocycles. The molecule has 17 heavy (non-hydrogen) atoms. The van der Waals surface area contributed by atoms with Crippen LogP contribution in [0.1, 0.15) is 0 Å². The summed E-state index contributed by atoms with van der Waals surface area (Å²) in [5, 5.41) is 3.98. The Morgan fingerprint density at radius 1 is 1.18 bits per heavy atom. The molecule has 0 spiro atoms. The Labute approximate surface area is 127 Å². The fourth-order valence-corrected chi connectivity index (χ4v) is 2.46. The molecule has 0 saturated carbocycles. The molecule has 0 aliphatic rings. The van der Waals surface area contributed by atoms with E-state index in [1.807, 2.05) is 36.4 Å². The molecule has 88 valence electrons. The minimum absolute atomic E-state index is 0.681. The van der Waals surface area contributed by atoms with Crippen LogP contribution in [0.5, 0.6) is 0 Å². The van der Waals surface area contributed by atoms with Crippen LogP contribution in [0, 0.1) is 3.57 Å². The normalized spacial score (nSPS) is 10.3. The smallest absolute Gasteiger partial charge is 0.0568 e. The lowest BCUT2D eigenvalue weighted by Gasteiger charge is -2.10. The Bertz CT molecular complexity index is 560. The highest BCUT2D eigenvalue weighted by Crippen LogP contribution is 2.29. The standard InChI is InChI=1S/C12H9BrClIN2/c13-9-3-2-8(6-10(9)14)17-12-4-1-7(16)5-11(12)15/h1-6,17H,16H2. The molecule has 2 nitrogen and oxygen atoms in total. The molecule has 2 aromatic rings. The third kappa shape index (κ3) is 3.26. The number of anilines is 3. The minimum Gasteiger partial charge on any atom is -0.399 e. The Morgan fingerprint density at radius 3 is 2.59 bits per heavy atom. The molecule has 0 atom stereocenters. The molecule has 2 rings (SSSR count). The highest BCUT2D eigenvalue weighted by atomic mass is 127. The molecule has 0 heterocycles. The van der Waals surface area contributed by atoms with E-state index in [0.717, 1.165) is 25.1 Å².